The Bertz CT molecular complexity index is 306. The maximum Gasteiger partial charge on any atom is 0.156 e. The Hall–Kier alpha value is -0.640. The molecule has 0 fully saturated rings. The molecule has 0 aromatic heterocycles. The minimum atomic E-state index is -0.570. The van der Waals surface area contributed by atoms with Crippen molar-refractivity contribution < 1.29 is 9.84 Å². The number of aliphatic hydroxyl groups excluding tert-OH is 1. The Morgan fingerprint density at radius 3 is 2.36 bits per heavy atom. The van der Waals surface area contributed by atoms with Crippen LogP contribution in [0.25, 0.3) is 0 Å². The van der Waals surface area contributed by atoms with Crippen molar-refractivity contribution in [3.05, 3.63) is 22.2 Å². The smallest absolute Gasteiger partial charge is 0.156 e. The molecule has 1 rings (SSSR count). The van der Waals surface area contributed by atoms with Crippen molar-refractivity contribution in [3.63, 3.8) is 0 Å². The van der Waals surface area contributed by atoms with Crippen molar-refractivity contribution in [1.82, 2.24) is 0 Å². The molecule has 0 aliphatic rings. The van der Waals surface area contributed by atoms with Gasteiger partial charge in [-0.15, -0.1) is 0 Å². The fourth-order valence-electron chi connectivity index (χ4n) is 0.921. The molecule has 0 radical (unpaired) electrons. The second kappa shape index (κ2) is 4.73. The topological polar surface area (TPSA) is 55.5 Å². The van der Waals surface area contributed by atoms with Crippen molar-refractivity contribution in [3.8, 4) is 5.75 Å². The van der Waals surface area contributed by atoms with Gasteiger partial charge in [-0.25, -0.2) is 0 Å². The summed E-state index contributed by atoms with van der Waals surface area (Å²) >= 11 is 11.7. The van der Waals surface area contributed by atoms with Gasteiger partial charge in [0.25, 0.3) is 0 Å². The van der Waals surface area contributed by atoms with Crippen molar-refractivity contribution in [2.45, 2.75) is 13.0 Å². The summed E-state index contributed by atoms with van der Waals surface area (Å²) in [4.78, 5) is 0. The number of nitrogens with two attached hydrogens (primary N) is 1. The van der Waals surface area contributed by atoms with Gasteiger partial charge in [0.1, 0.15) is 6.61 Å². The van der Waals surface area contributed by atoms with Gasteiger partial charge in [-0.05, 0) is 19.1 Å². The molecule has 1 aromatic rings. The average molecular weight is 236 g/mol. The van der Waals surface area contributed by atoms with Crippen LogP contribution in [-0.2, 0) is 0 Å². The largest absolute Gasteiger partial charge is 0.488 e. The molecule has 0 heterocycles. The summed E-state index contributed by atoms with van der Waals surface area (Å²) in [7, 11) is 0. The number of anilines is 1. The van der Waals surface area contributed by atoms with Gasteiger partial charge >= 0.3 is 0 Å². The first kappa shape index (κ1) is 11.4. The van der Waals surface area contributed by atoms with Crippen LogP contribution in [0.4, 0.5) is 5.69 Å². The van der Waals surface area contributed by atoms with E-state index in [0.717, 1.165) is 0 Å². The highest BCUT2D eigenvalue weighted by Crippen LogP contribution is 2.35. The highest BCUT2D eigenvalue weighted by Gasteiger charge is 2.09. The predicted octanol–water partition coefficient (Wildman–Crippen LogP) is 2.34. The highest BCUT2D eigenvalue weighted by atomic mass is 35.5. The van der Waals surface area contributed by atoms with Gasteiger partial charge in [-0.1, -0.05) is 23.2 Å². The molecule has 0 saturated carbocycles. The number of halogens is 2. The number of nitrogen functional groups attached to an aromatic ring is 1. The summed E-state index contributed by atoms with van der Waals surface area (Å²) in [6.07, 6.45) is -0.570. The van der Waals surface area contributed by atoms with Gasteiger partial charge in [0.15, 0.2) is 5.75 Å². The van der Waals surface area contributed by atoms with Gasteiger partial charge < -0.3 is 15.6 Å². The lowest BCUT2D eigenvalue weighted by Crippen LogP contribution is -2.13. The summed E-state index contributed by atoms with van der Waals surface area (Å²) in [6.45, 7) is 1.75. The molecule has 3 N–H and O–H groups in total. The zero-order valence-corrected chi connectivity index (χ0v) is 9.14. The van der Waals surface area contributed by atoms with Gasteiger partial charge in [0.05, 0.1) is 16.1 Å². The van der Waals surface area contributed by atoms with Crippen LogP contribution in [0.15, 0.2) is 12.1 Å². The standard InChI is InChI=1S/C9H11Cl2NO2/c1-5(13)4-14-9-7(10)2-6(12)3-8(9)11/h2-3,5,13H,4,12H2,1H3. The quantitative estimate of drug-likeness (QED) is 0.792. The van der Waals surface area contributed by atoms with Crippen LogP contribution < -0.4 is 10.5 Å². The lowest BCUT2D eigenvalue weighted by Gasteiger charge is -2.11. The third-order valence-corrected chi connectivity index (χ3v) is 2.05. The van der Waals surface area contributed by atoms with E-state index in [1.54, 1.807) is 19.1 Å². The van der Waals surface area contributed by atoms with E-state index in [2.05, 4.69) is 0 Å². The SMILES string of the molecule is CC(O)COc1c(Cl)cc(N)cc1Cl. The molecule has 0 spiro atoms. The number of hydrogen-bond acceptors (Lipinski definition) is 3. The van der Waals surface area contributed by atoms with Gasteiger partial charge in [0, 0.05) is 5.69 Å². The molecule has 1 unspecified atom stereocenters. The van der Waals surface area contributed by atoms with Crippen LogP contribution in [-0.4, -0.2) is 17.8 Å². The maximum atomic E-state index is 9.01. The molecule has 5 heteroatoms. The molecule has 0 aliphatic heterocycles. The molecule has 1 atom stereocenters. The normalized spacial score (nSPS) is 12.6. The van der Waals surface area contributed by atoms with Crippen LogP contribution in [0.3, 0.4) is 0 Å². The van der Waals surface area contributed by atoms with E-state index in [4.69, 9.17) is 38.8 Å². The van der Waals surface area contributed by atoms with Crippen molar-refractivity contribution in [1.29, 1.82) is 0 Å². The van der Waals surface area contributed by atoms with E-state index in [9.17, 15) is 0 Å². The summed E-state index contributed by atoms with van der Waals surface area (Å²) in [5.74, 6) is 0.350. The van der Waals surface area contributed by atoms with Gasteiger partial charge in [-0.3, -0.25) is 0 Å². The molecule has 0 saturated heterocycles. The Kier molecular flexibility index (Phi) is 3.86. The summed E-state index contributed by atoms with van der Waals surface area (Å²) in [5.41, 5.74) is 5.99. The summed E-state index contributed by atoms with van der Waals surface area (Å²) in [5, 5.41) is 9.70. The van der Waals surface area contributed by atoms with Crippen LogP contribution in [0, 0.1) is 0 Å². The highest BCUT2D eigenvalue weighted by molar-refractivity contribution is 6.37. The summed E-state index contributed by atoms with van der Waals surface area (Å²) in [6, 6.07) is 3.09. The Morgan fingerprint density at radius 2 is 1.93 bits per heavy atom. The first-order valence-corrected chi connectivity index (χ1v) is 4.81. The van der Waals surface area contributed by atoms with E-state index in [0.29, 0.717) is 21.5 Å². The van der Waals surface area contributed by atoms with Crippen molar-refractivity contribution in [2.24, 2.45) is 0 Å². The number of ether oxygens (including phenoxy) is 1. The van der Waals surface area contributed by atoms with Gasteiger partial charge in [0.2, 0.25) is 0 Å². The number of hydrogen-bond donors (Lipinski definition) is 2. The molecule has 1 aromatic carbocycles. The third-order valence-electron chi connectivity index (χ3n) is 1.49. The second-order valence-electron chi connectivity index (χ2n) is 2.97. The lowest BCUT2D eigenvalue weighted by molar-refractivity contribution is 0.123. The van der Waals surface area contributed by atoms with E-state index in [1.807, 2.05) is 0 Å². The molecular formula is C9H11Cl2NO2. The van der Waals surface area contributed by atoms with Crippen molar-refractivity contribution >= 4 is 28.9 Å². The lowest BCUT2D eigenvalue weighted by atomic mass is 10.3. The predicted molar refractivity (Wildman–Crippen MR) is 58.1 cm³/mol. The summed E-state index contributed by atoms with van der Waals surface area (Å²) < 4.78 is 5.21. The zero-order valence-electron chi connectivity index (χ0n) is 7.63. The number of benzene rings is 1. The monoisotopic (exact) mass is 235 g/mol. The van der Waals surface area contributed by atoms with Crippen LogP contribution in [0.1, 0.15) is 6.92 Å². The van der Waals surface area contributed by atoms with Crippen molar-refractivity contribution in [2.75, 3.05) is 12.3 Å². The van der Waals surface area contributed by atoms with Crippen LogP contribution >= 0.6 is 23.2 Å². The molecule has 0 bridgehead atoms. The minimum Gasteiger partial charge on any atom is -0.488 e. The molecule has 0 aliphatic carbocycles. The molecule has 78 valence electrons. The Morgan fingerprint density at radius 1 is 1.43 bits per heavy atom. The minimum absolute atomic E-state index is 0.142. The van der Waals surface area contributed by atoms with E-state index in [1.165, 1.54) is 0 Å². The molecule has 0 amide bonds. The first-order valence-electron chi connectivity index (χ1n) is 4.06. The first-order chi connectivity index (χ1) is 6.50. The fourth-order valence-corrected chi connectivity index (χ4v) is 1.53. The molecule has 14 heavy (non-hydrogen) atoms. The Labute approximate surface area is 92.4 Å². The van der Waals surface area contributed by atoms with E-state index in [-0.39, 0.29) is 6.61 Å². The second-order valence-corrected chi connectivity index (χ2v) is 3.79. The molecule has 3 nitrogen and oxygen atoms in total. The maximum absolute atomic E-state index is 9.01. The molecular weight excluding hydrogens is 225 g/mol. The third kappa shape index (κ3) is 2.94. The zero-order chi connectivity index (χ0) is 10.7. The number of aliphatic hydroxyl groups is 1. The van der Waals surface area contributed by atoms with Crippen LogP contribution in [0.2, 0.25) is 10.0 Å². The van der Waals surface area contributed by atoms with E-state index < -0.39 is 6.10 Å². The number of rotatable bonds is 3. The Balaban J connectivity index is 2.86. The van der Waals surface area contributed by atoms with E-state index >= 15 is 0 Å². The van der Waals surface area contributed by atoms with Gasteiger partial charge in [-0.2, -0.15) is 0 Å². The average Bonchev–Trinajstić information content (AvgIpc) is 2.01. The van der Waals surface area contributed by atoms with Crippen LogP contribution in [0.5, 0.6) is 5.75 Å². The fraction of sp³-hybridized carbons (Fsp3) is 0.333.